The number of imidazole rings is 1. The molecule has 1 aliphatic heterocycles. The number of carbonyl (C=O) groups is 1. The number of nitrogens with zero attached hydrogens (tertiary/aromatic N) is 2. The minimum absolute atomic E-state index is 0.0571. The molecular formula is C26H20N2O. The van der Waals surface area contributed by atoms with E-state index in [-0.39, 0.29) is 29.6 Å². The van der Waals surface area contributed by atoms with Crippen LogP contribution in [-0.4, -0.2) is 15.5 Å². The number of hydrogen-bond donors (Lipinski definition) is 0. The Morgan fingerprint density at radius 1 is 0.759 bits per heavy atom. The van der Waals surface area contributed by atoms with Crippen molar-refractivity contribution in [2.75, 3.05) is 0 Å². The maximum Gasteiger partial charge on any atom is 0.237 e. The highest BCUT2D eigenvalue weighted by Gasteiger charge is 2.58. The zero-order chi connectivity index (χ0) is 19.4. The van der Waals surface area contributed by atoms with E-state index in [0.717, 1.165) is 16.9 Å². The summed E-state index contributed by atoms with van der Waals surface area (Å²) in [7, 11) is 0. The number of aromatic nitrogens is 2. The van der Waals surface area contributed by atoms with E-state index in [9.17, 15) is 4.79 Å². The van der Waals surface area contributed by atoms with E-state index in [1.54, 1.807) is 0 Å². The molecule has 0 amide bonds. The standard InChI is InChI=1S/C26H20N2O/c1-13-11-19-20(12-14(13)2)28-25(27-19)23-21-15-7-3-5-9-17(15)22(24(23)26(28)29)18-10-6-4-8-16(18)21/h3-12,21-24H,1-2H3/t21?,22?,23-,24+/m1/s1. The van der Waals surface area contributed by atoms with Gasteiger partial charge in [0.15, 0.2) is 0 Å². The summed E-state index contributed by atoms with van der Waals surface area (Å²) in [6.45, 7) is 4.22. The molecule has 2 bridgehead atoms. The van der Waals surface area contributed by atoms with Gasteiger partial charge in [0.2, 0.25) is 5.91 Å². The van der Waals surface area contributed by atoms with Gasteiger partial charge in [0, 0.05) is 17.8 Å². The summed E-state index contributed by atoms with van der Waals surface area (Å²) in [5.74, 6) is 1.55. The maximum atomic E-state index is 13.8. The number of carbonyl (C=O) groups excluding carboxylic acids is 1. The number of aryl methyl sites for hydroxylation is 2. The molecule has 0 spiro atoms. The van der Waals surface area contributed by atoms with Crippen molar-refractivity contribution in [3.8, 4) is 0 Å². The highest BCUT2D eigenvalue weighted by Crippen LogP contribution is 2.63. The van der Waals surface area contributed by atoms with Crippen LogP contribution in [0.15, 0.2) is 60.7 Å². The highest BCUT2D eigenvalue weighted by molar-refractivity contribution is 5.98. The fourth-order valence-electron chi connectivity index (χ4n) is 6.24. The molecule has 0 fully saturated rings. The van der Waals surface area contributed by atoms with Crippen LogP contribution in [-0.2, 0) is 0 Å². The summed E-state index contributed by atoms with van der Waals surface area (Å²) in [6, 6.07) is 21.7. The molecule has 4 aromatic rings. The lowest BCUT2D eigenvalue weighted by atomic mass is 9.55. The largest absolute Gasteiger partial charge is 0.274 e. The van der Waals surface area contributed by atoms with Gasteiger partial charge in [-0.15, -0.1) is 0 Å². The first-order valence-electron chi connectivity index (χ1n) is 10.4. The van der Waals surface area contributed by atoms with E-state index >= 15 is 0 Å². The average Bonchev–Trinajstić information content (AvgIpc) is 3.24. The van der Waals surface area contributed by atoms with E-state index in [2.05, 4.69) is 74.5 Å². The second kappa shape index (κ2) is 5.04. The van der Waals surface area contributed by atoms with Crippen molar-refractivity contribution in [2.45, 2.75) is 31.6 Å². The smallest absolute Gasteiger partial charge is 0.237 e. The van der Waals surface area contributed by atoms with Crippen LogP contribution in [0.25, 0.3) is 11.0 Å². The van der Waals surface area contributed by atoms with Crippen LogP contribution in [0.1, 0.15) is 61.8 Å². The van der Waals surface area contributed by atoms with Gasteiger partial charge in [-0.2, -0.15) is 0 Å². The van der Waals surface area contributed by atoms with Crippen LogP contribution < -0.4 is 0 Å². The zero-order valence-corrected chi connectivity index (χ0v) is 16.4. The quantitative estimate of drug-likeness (QED) is 0.417. The van der Waals surface area contributed by atoms with Crippen molar-refractivity contribution in [2.24, 2.45) is 5.92 Å². The van der Waals surface area contributed by atoms with Crippen molar-refractivity contribution in [1.82, 2.24) is 9.55 Å². The molecule has 29 heavy (non-hydrogen) atoms. The molecule has 0 saturated carbocycles. The summed E-state index contributed by atoms with van der Waals surface area (Å²) in [4.78, 5) is 18.9. The lowest BCUT2D eigenvalue weighted by Crippen LogP contribution is -2.39. The Kier molecular flexibility index (Phi) is 2.73. The molecule has 3 aliphatic carbocycles. The van der Waals surface area contributed by atoms with Gasteiger partial charge < -0.3 is 0 Å². The molecule has 8 rings (SSSR count). The third kappa shape index (κ3) is 1.71. The Hall–Kier alpha value is -3.20. The first-order valence-corrected chi connectivity index (χ1v) is 10.4. The summed E-state index contributed by atoms with van der Waals surface area (Å²) < 4.78 is 1.94. The van der Waals surface area contributed by atoms with Gasteiger partial charge in [-0.1, -0.05) is 48.5 Å². The van der Waals surface area contributed by atoms with E-state index < -0.39 is 0 Å². The summed E-state index contributed by atoms with van der Waals surface area (Å²) in [5.41, 5.74) is 9.74. The Balaban J connectivity index is 1.56. The molecule has 2 heterocycles. The number of benzene rings is 3. The molecule has 3 aromatic carbocycles. The lowest BCUT2D eigenvalue weighted by molar-refractivity contribution is 0.0829. The van der Waals surface area contributed by atoms with E-state index in [0.29, 0.717) is 0 Å². The minimum atomic E-state index is -0.0571. The van der Waals surface area contributed by atoms with Gasteiger partial charge in [-0.05, 0) is 59.4 Å². The minimum Gasteiger partial charge on any atom is -0.274 e. The van der Waals surface area contributed by atoms with Crippen LogP contribution in [0.2, 0.25) is 0 Å². The first kappa shape index (κ1) is 15.7. The Labute approximate surface area is 169 Å². The molecule has 3 nitrogen and oxygen atoms in total. The predicted molar refractivity (Wildman–Crippen MR) is 113 cm³/mol. The molecule has 4 aliphatic rings. The van der Waals surface area contributed by atoms with Crippen LogP contribution in [0, 0.1) is 19.8 Å². The third-order valence-electron chi connectivity index (χ3n) is 7.54. The molecule has 1 aromatic heterocycles. The van der Waals surface area contributed by atoms with Gasteiger partial charge in [-0.3, -0.25) is 9.36 Å². The topological polar surface area (TPSA) is 34.9 Å². The van der Waals surface area contributed by atoms with Crippen LogP contribution in [0.4, 0.5) is 0 Å². The molecule has 2 atom stereocenters. The predicted octanol–water partition coefficient (Wildman–Crippen LogP) is 5.30. The van der Waals surface area contributed by atoms with Gasteiger partial charge in [0.25, 0.3) is 0 Å². The Morgan fingerprint density at radius 3 is 1.86 bits per heavy atom. The average molecular weight is 376 g/mol. The van der Waals surface area contributed by atoms with E-state index in [1.165, 1.54) is 33.4 Å². The van der Waals surface area contributed by atoms with E-state index in [4.69, 9.17) is 4.98 Å². The first-order chi connectivity index (χ1) is 14.1. The van der Waals surface area contributed by atoms with Gasteiger partial charge >= 0.3 is 0 Å². The third-order valence-corrected chi connectivity index (χ3v) is 7.54. The van der Waals surface area contributed by atoms with Crippen molar-refractivity contribution >= 4 is 16.9 Å². The van der Waals surface area contributed by atoms with Crippen LogP contribution in [0.3, 0.4) is 0 Å². The maximum absolute atomic E-state index is 13.8. The summed E-state index contributed by atoms with van der Waals surface area (Å²) in [5, 5.41) is 0. The monoisotopic (exact) mass is 376 g/mol. The van der Waals surface area contributed by atoms with Crippen molar-refractivity contribution in [3.63, 3.8) is 0 Å². The summed E-state index contributed by atoms with van der Waals surface area (Å²) >= 11 is 0. The summed E-state index contributed by atoms with van der Waals surface area (Å²) in [6.07, 6.45) is 0. The number of fused-ring (bicyclic) bond motifs is 3. The number of hydrogen-bond acceptors (Lipinski definition) is 2. The van der Waals surface area contributed by atoms with Crippen LogP contribution in [0.5, 0.6) is 0 Å². The zero-order valence-electron chi connectivity index (χ0n) is 16.4. The molecule has 0 saturated heterocycles. The Morgan fingerprint density at radius 2 is 1.28 bits per heavy atom. The molecular weight excluding hydrogens is 356 g/mol. The van der Waals surface area contributed by atoms with Crippen molar-refractivity contribution in [1.29, 1.82) is 0 Å². The number of rotatable bonds is 0. The molecule has 3 heteroatoms. The van der Waals surface area contributed by atoms with E-state index in [1.807, 2.05) is 4.57 Å². The highest BCUT2D eigenvalue weighted by atomic mass is 16.2. The van der Waals surface area contributed by atoms with Crippen molar-refractivity contribution < 1.29 is 4.79 Å². The fraction of sp³-hybridized carbons (Fsp3) is 0.231. The SMILES string of the molecule is Cc1cc2nc3n(c2cc1C)C(=O)[C@H]1C2c4ccccc4C(c4ccccc42)[C@@H]31. The second-order valence-electron chi connectivity index (χ2n) is 8.83. The molecule has 0 N–H and O–H groups in total. The second-order valence-corrected chi connectivity index (χ2v) is 8.83. The Bertz CT molecular complexity index is 1330. The lowest BCUT2D eigenvalue weighted by Gasteiger charge is -2.46. The van der Waals surface area contributed by atoms with Gasteiger partial charge in [0.05, 0.1) is 17.0 Å². The van der Waals surface area contributed by atoms with Gasteiger partial charge in [0.1, 0.15) is 5.82 Å². The molecule has 0 radical (unpaired) electrons. The fourth-order valence-corrected chi connectivity index (χ4v) is 6.24. The van der Waals surface area contributed by atoms with Crippen LogP contribution >= 0.6 is 0 Å². The molecule has 140 valence electrons. The molecule has 0 unspecified atom stereocenters. The van der Waals surface area contributed by atoms with Gasteiger partial charge in [-0.25, -0.2) is 4.98 Å². The normalized spacial score (nSPS) is 25.7. The van der Waals surface area contributed by atoms with Crippen molar-refractivity contribution in [3.05, 3.63) is 99.9 Å².